The molecule has 7 rings (SSSR count). The summed E-state index contributed by atoms with van der Waals surface area (Å²) in [6, 6.07) is 23.1. The summed E-state index contributed by atoms with van der Waals surface area (Å²) in [6.07, 6.45) is 8.73. The molecule has 5 nitrogen and oxygen atoms in total. The fourth-order valence-corrected chi connectivity index (χ4v) is 5.62. The molecule has 1 aliphatic heterocycles. The minimum Gasteiger partial charge on any atom is -0.370 e. The van der Waals surface area contributed by atoms with Crippen LogP contribution in [0.5, 0.6) is 0 Å². The summed E-state index contributed by atoms with van der Waals surface area (Å²) in [5.41, 5.74) is 4.75. The van der Waals surface area contributed by atoms with E-state index in [4.69, 9.17) is 18.1 Å². The largest absolute Gasteiger partial charge is 0.370 e. The molecular formula is C30H17N5. The van der Waals surface area contributed by atoms with Crippen LogP contribution >= 0.6 is 0 Å². The summed E-state index contributed by atoms with van der Waals surface area (Å²) in [5.74, 6) is 0.295. The third-order valence-corrected chi connectivity index (χ3v) is 7.03. The van der Waals surface area contributed by atoms with Crippen molar-refractivity contribution < 1.29 is 0 Å². The zero-order chi connectivity index (χ0) is 23.5. The molecule has 0 saturated heterocycles. The summed E-state index contributed by atoms with van der Waals surface area (Å²) >= 11 is 0. The number of aromatic nitrogens is 2. The average Bonchev–Trinajstić information content (AvgIpc) is 3.27. The van der Waals surface area contributed by atoms with Crippen LogP contribution in [0.4, 0.5) is 23.0 Å². The molecule has 0 radical (unpaired) electrons. The Morgan fingerprint density at radius 3 is 2.14 bits per heavy atom. The minimum atomic E-state index is 0.0446. The molecule has 0 fully saturated rings. The van der Waals surface area contributed by atoms with Gasteiger partial charge in [-0.25, -0.2) is 0 Å². The molecule has 0 spiro atoms. The first-order valence-electron chi connectivity index (χ1n) is 11.4. The Morgan fingerprint density at radius 2 is 1.37 bits per heavy atom. The second-order valence-corrected chi connectivity index (χ2v) is 8.75. The Kier molecular flexibility index (Phi) is 4.03. The van der Waals surface area contributed by atoms with Crippen molar-refractivity contribution in [2.45, 2.75) is 12.0 Å². The first-order valence-corrected chi connectivity index (χ1v) is 11.4. The van der Waals surface area contributed by atoms with Crippen LogP contribution in [0.2, 0.25) is 0 Å². The van der Waals surface area contributed by atoms with E-state index in [0.717, 1.165) is 32.9 Å². The molecule has 162 valence electrons. The van der Waals surface area contributed by atoms with Crippen molar-refractivity contribution >= 4 is 55.6 Å². The van der Waals surface area contributed by atoms with E-state index in [1.54, 1.807) is 0 Å². The summed E-state index contributed by atoms with van der Waals surface area (Å²) in [7, 11) is 0. The first-order chi connectivity index (χ1) is 17.3. The monoisotopic (exact) mass is 447 g/mol. The van der Waals surface area contributed by atoms with Gasteiger partial charge in [0.15, 0.2) is 0 Å². The van der Waals surface area contributed by atoms with Gasteiger partial charge >= 0.3 is 0 Å². The van der Waals surface area contributed by atoms with Gasteiger partial charge in [-0.05, 0) is 34.5 Å². The quantitative estimate of drug-likeness (QED) is 0.195. The number of rotatable bonds is 1. The predicted molar refractivity (Wildman–Crippen MR) is 140 cm³/mol. The number of fused-ring (bicyclic) bond motifs is 10. The van der Waals surface area contributed by atoms with E-state index in [-0.39, 0.29) is 23.6 Å². The van der Waals surface area contributed by atoms with Crippen molar-refractivity contribution in [2.75, 3.05) is 4.90 Å². The molecule has 2 unspecified atom stereocenters. The van der Waals surface area contributed by atoms with Gasteiger partial charge in [-0.15, -0.1) is 9.97 Å². The fourth-order valence-electron chi connectivity index (χ4n) is 5.62. The molecule has 1 aliphatic carbocycles. The smallest absolute Gasteiger partial charge is 0.294 e. The molecule has 2 aliphatic rings. The number of para-hydroxylation sites is 1. The number of hydrogen-bond donors (Lipinski definition) is 0. The van der Waals surface area contributed by atoms with Crippen molar-refractivity contribution in [3.05, 3.63) is 119 Å². The van der Waals surface area contributed by atoms with Gasteiger partial charge in [0.05, 0.1) is 17.1 Å². The van der Waals surface area contributed by atoms with Crippen molar-refractivity contribution in [3.8, 4) is 0 Å². The van der Waals surface area contributed by atoms with Gasteiger partial charge in [0.2, 0.25) is 11.0 Å². The average molecular weight is 448 g/mol. The highest BCUT2D eigenvalue weighted by molar-refractivity contribution is 6.27. The highest BCUT2D eigenvalue weighted by atomic mass is 15.2. The third-order valence-electron chi connectivity index (χ3n) is 7.03. The second-order valence-electron chi connectivity index (χ2n) is 8.75. The lowest BCUT2D eigenvalue weighted by Crippen LogP contribution is -2.28. The zero-order valence-corrected chi connectivity index (χ0v) is 18.6. The van der Waals surface area contributed by atoms with E-state index in [2.05, 4.69) is 86.3 Å². The zero-order valence-electron chi connectivity index (χ0n) is 18.6. The van der Waals surface area contributed by atoms with Crippen molar-refractivity contribution in [2.24, 2.45) is 0 Å². The van der Waals surface area contributed by atoms with Crippen LogP contribution in [0, 0.1) is 13.1 Å². The highest BCUT2D eigenvalue weighted by Gasteiger charge is 2.40. The lowest BCUT2D eigenvalue weighted by Gasteiger charge is -2.29. The van der Waals surface area contributed by atoms with Crippen LogP contribution in [-0.4, -0.2) is 16.0 Å². The molecular weight excluding hydrogens is 430 g/mol. The third kappa shape index (κ3) is 2.61. The Labute approximate surface area is 201 Å². The Morgan fingerprint density at radius 1 is 0.686 bits per heavy atom. The van der Waals surface area contributed by atoms with Gasteiger partial charge < -0.3 is 14.6 Å². The van der Waals surface area contributed by atoms with E-state index in [0.29, 0.717) is 11.0 Å². The molecule has 4 aromatic carbocycles. The van der Waals surface area contributed by atoms with Gasteiger partial charge in [0.1, 0.15) is 0 Å². The normalized spacial score (nSPS) is 17.9. The number of anilines is 2. The summed E-state index contributed by atoms with van der Waals surface area (Å²) < 4.78 is 0. The van der Waals surface area contributed by atoms with Crippen molar-refractivity contribution in [1.29, 1.82) is 0 Å². The molecule has 5 heteroatoms. The molecule has 1 aromatic heterocycles. The van der Waals surface area contributed by atoms with E-state index < -0.39 is 0 Å². The molecule has 35 heavy (non-hydrogen) atoms. The van der Waals surface area contributed by atoms with Gasteiger partial charge in [-0.1, -0.05) is 86.0 Å². The molecule has 5 aromatic rings. The Balaban J connectivity index is 1.72. The molecule has 0 bridgehead atoms. The van der Waals surface area contributed by atoms with Gasteiger partial charge in [0.25, 0.3) is 11.6 Å². The van der Waals surface area contributed by atoms with Crippen LogP contribution in [-0.2, 0) is 0 Å². The maximum atomic E-state index is 7.64. The molecule has 2 heterocycles. The molecule has 2 atom stereocenters. The lowest BCUT2D eigenvalue weighted by molar-refractivity contribution is 0.745. The maximum absolute atomic E-state index is 7.64. The number of hydrogen-bond acceptors (Lipinski definition) is 3. The van der Waals surface area contributed by atoms with Crippen molar-refractivity contribution in [3.63, 3.8) is 0 Å². The van der Waals surface area contributed by atoms with Crippen molar-refractivity contribution in [1.82, 2.24) is 9.97 Å². The number of benzene rings is 4. The second kappa shape index (κ2) is 7.25. The number of nitrogens with zero attached hydrogens (tertiary/aromatic N) is 5. The van der Waals surface area contributed by atoms with Crippen LogP contribution in [0.25, 0.3) is 42.3 Å². The van der Waals surface area contributed by atoms with Crippen LogP contribution in [0.1, 0.15) is 11.5 Å². The topological polar surface area (TPSA) is 37.7 Å². The Bertz CT molecular complexity index is 1840. The van der Waals surface area contributed by atoms with Gasteiger partial charge in [-0.2, -0.15) is 0 Å². The maximum Gasteiger partial charge on any atom is 0.294 e. The number of allylic oxidation sites excluding steroid dienone is 2. The van der Waals surface area contributed by atoms with Crippen LogP contribution in [0.3, 0.4) is 0 Å². The van der Waals surface area contributed by atoms with E-state index in [1.807, 2.05) is 24.3 Å². The molecule has 0 saturated carbocycles. The summed E-state index contributed by atoms with van der Waals surface area (Å²) in [6.45, 7) is 15.2. The van der Waals surface area contributed by atoms with E-state index in [1.165, 1.54) is 5.56 Å². The standard InChI is InChI=1S/C30H17N5/c1-31-29-30(32-2)34-27-25-21(19-12-6-7-14-22(19)26(27)33-29)16-17-23-20-13-8-9-15-24(20)35(28(23)25)18-10-4-3-5-11-18/h3-17,20,24H. The first kappa shape index (κ1) is 19.5. The molecule has 0 N–H and O–H groups in total. The summed E-state index contributed by atoms with van der Waals surface area (Å²) in [4.78, 5) is 18.9. The molecule has 0 amide bonds. The van der Waals surface area contributed by atoms with Crippen LogP contribution in [0.15, 0.2) is 91.0 Å². The Hall–Kier alpha value is -5.00. The lowest BCUT2D eigenvalue weighted by atomic mass is 9.89. The van der Waals surface area contributed by atoms with E-state index >= 15 is 0 Å². The van der Waals surface area contributed by atoms with Gasteiger partial charge in [-0.3, -0.25) is 0 Å². The van der Waals surface area contributed by atoms with E-state index in [9.17, 15) is 0 Å². The SMILES string of the molecule is [C-]#[N+]c1nc2c3ccccc3c3ccc4c(c3c2nc1[N+]#[C-])N(c1ccccc1)C1C=CC=CC41. The summed E-state index contributed by atoms with van der Waals surface area (Å²) in [5, 5.41) is 4.04. The van der Waals surface area contributed by atoms with Gasteiger partial charge in [0, 0.05) is 17.0 Å². The fraction of sp³-hybridized carbons (Fsp3) is 0.0667. The minimum absolute atomic E-state index is 0.0446. The van der Waals surface area contributed by atoms with Crippen LogP contribution < -0.4 is 4.90 Å². The highest BCUT2D eigenvalue weighted by Crippen LogP contribution is 2.53. The predicted octanol–water partition coefficient (Wildman–Crippen LogP) is 7.77.